The van der Waals surface area contributed by atoms with Crippen molar-refractivity contribution in [2.45, 2.75) is 56.9 Å². The Hall–Kier alpha value is -1.02. The van der Waals surface area contributed by atoms with Gasteiger partial charge in [-0.15, -0.1) is 0 Å². The largest absolute Gasteiger partial charge is 0.394 e. The summed E-state index contributed by atoms with van der Waals surface area (Å²) in [7, 11) is 0. The topological polar surface area (TPSA) is 77.4 Å². The molecule has 0 bridgehead atoms. The standard InChI is InChI=1S/C16H22O6/c1-16(2)21-14-13(19-9-10-6-4-3-5-7-10)12(11(18)8-17)20-15(14)22-16/h3-7,11-15,17-18H,8-9H2,1-2H3/t11-,12-,13+,14-,15+/m1/s1. The number of aliphatic hydroxyl groups excluding tert-OH is 2. The lowest BCUT2D eigenvalue weighted by atomic mass is 10.1. The summed E-state index contributed by atoms with van der Waals surface area (Å²) in [5, 5.41) is 19.1. The minimum Gasteiger partial charge on any atom is -0.394 e. The number of hydrogen-bond acceptors (Lipinski definition) is 6. The van der Waals surface area contributed by atoms with Gasteiger partial charge in [0.05, 0.1) is 13.2 Å². The number of fused-ring (bicyclic) bond motifs is 1. The highest BCUT2D eigenvalue weighted by molar-refractivity contribution is 5.13. The summed E-state index contributed by atoms with van der Waals surface area (Å²) in [6.45, 7) is 3.58. The highest BCUT2D eigenvalue weighted by Crippen LogP contribution is 2.39. The molecule has 0 amide bonds. The first-order valence-electron chi connectivity index (χ1n) is 7.46. The normalized spacial score (nSPS) is 34.5. The zero-order chi connectivity index (χ0) is 15.7. The fourth-order valence-corrected chi connectivity index (χ4v) is 2.87. The molecule has 0 aromatic heterocycles. The molecule has 5 atom stereocenters. The molecule has 22 heavy (non-hydrogen) atoms. The number of aliphatic hydroxyl groups is 2. The molecule has 0 spiro atoms. The molecule has 0 radical (unpaired) electrons. The van der Waals surface area contributed by atoms with Gasteiger partial charge in [-0.05, 0) is 19.4 Å². The maximum absolute atomic E-state index is 9.94. The molecule has 1 aromatic carbocycles. The van der Waals surface area contributed by atoms with Crippen LogP contribution in [0.5, 0.6) is 0 Å². The van der Waals surface area contributed by atoms with Crippen LogP contribution in [0.25, 0.3) is 0 Å². The van der Waals surface area contributed by atoms with E-state index >= 15 is 0 Å². The second-order valence-corrected chi connectivity index (χ2v) is 6.08. The number of ether oxygens (including phenoxy) is 4. The Morgan fingerprint density at radius 2 is 1.95 bits per heavy atom. The SMILES string of the molecule is CC1(C)O[C@@H]2O[C@H]([C@H](O)CO)[C@H](OCc3ccccc3)[C@H]2O1. The van der Waals surface area contributed by atoms with E-state index in [-0.39, 0.29) is 0 Å². The van der Waals surface area contributed by atoms with Crippen LogP contribution < -0.4 is 0 Å². The van der Waals surface area contributed by atoms with Crippen molar-refractivity contribution in [1.82, 2.24) is 0 Å². The van der Waals surface area contributed by atoms with E-state index in [9.17, 15) is 10.2 Å². The van der Waals surface area contributed by atoms with E-state index in [4.69, 9.17) is 18.9 Å². The van der Waals surface area contributed by atoms with E-state index in [0.29, 0.717) is 6.61 Å². The highest BCUT2D eigenvalue weighted by Gasteiger charge is 2.56. The first kappa shape index (κ1) is 15.9. The van der Waals surface area contributed by atoms with Gasteiger partial charge in [0.1, 0.15) is 24.4 Å². The third kappa shape index (κ3) is 3.17. The van der Waals surface area contributed by atoms with Gasteiger partial charge >= 0.3 is 0 Å². The van der Waals surface area contributed by atoms with Gasteiger partial charge in [-0.25, -0.2) is 0 Å². The molecule has 1 aromatic rings. The van der Waals surface area contributed by atoms with Crippen LogP contribution in [0.1, 0.15) is 19.4 Å². The molecule has 2 saturated heterocycles. The van der Waals surface area contributed by atoms with Crippen LogP contribution >= 0.6 is 0 Å². The van der Waals surface area contributed by atoms with Crippen molar-refractivity contribution in [2.24, 2.45) is 0 Å². The van der Waals surface area contributed by atoms with E-state index < -0.39 is 43.1 Å². The Labute approximate surface area is 129 Å². The fraction of sp³-hybridized carbons (Fsp3) is 0.625. The molecule has 6 heteroatoms. The smallest absolute Gasteiger partial charge is 0.190 e. The van der Waals surface area contributed by atoms with E-state index in [1.54, 1.807) is 13.8 Å². The quantitative estimate of drug-likeness (QED) is 0.838. The van der Waals surface area contributed by atoms with Gasteiger partial charge in [0.25, 0.3) is 0 Å². The zero-order valence-corrected chi connectivity index (χ0v) is 12.7. The lowest BCUT2D eigenvalue weighted by molar-refractivity contribution is -0.232. The molecule has 2 N–H and O–H groups in total. The molecule has 3 rings (SSSR count). The summed E-state index contributed by atoms with van der Waals surface area (Å²) < 4.78 is 23.1. The van der Waals surface area contributed by atoms with Crippen LogP contribution in [0.15, 0.2) is 30.3 Å². The summed E-state index contributed by atoms with van der Waals surface area (Å²) in [5.74, 6) is -0.751. The lowest BCUT2D eigenvalue weighted by Gasteiger charge is -2.28. The van der Waals surface area contributed by atoms with Crippen LogP contribution in [0, 0.1) is 0 Å². The molecule has 2 aliphatic heterocycles. The van der Waals surface area contributed by atoms with Crippen LogP contribution in [-0.4, -0.2) is 53.3 Å². The molecule has 2 heterocycles. The van der Waals surface area contributed by atoms with Gasteiger partial charge in [0.2, 0.25) is 0 Å². The van der Waals surface area contributed by atoms with Crippen molar-refractivity contribution in [3.8, 4) is 0 Å². The fourth-order valence-electron chi connectivity index (χ4n) is 2.87. The van der Waals surface area contributed by atoms with Gasteiger partial charge in [-0.3, -0.25) is 0 Å². The van der Waals surface area contributed by atoms with Gasteiger partial charge in [-0.1, -0.05) is 30.3 Å². The third-order valence-electron chi connectivity index (χ3n) is 3.88. The molecule has 0 unspecified atom stereocenters. The van der Waals surface area contributed by atoms with Crippen LogP contribution in [0.2, 0.25) is 0 Å². The van der Waals surface area contributed by atoms with E-state index in [2.05, 4.69) is 0 Å². The Kier molecular flexibility index (Phi) is 4.49. The van der Waals surface area contributed by atoms with Crippen molar-refractivity contribution in [2.75, 3.05) is 6.61 Å². The Bertz CT molecular complexity index is 491. The van der Waals surface area contributed by atoms with E-state index in [1.807, 2.05) is 30.3 Å². The van der Waals surface area contributed by atoms with Gasteiger partial charge in [-0.2, -0.15) is 0 Å². The predicted molar refractivity (Wildman–Crippen MR) is 76.8 cm³/mol. The van der Waals surface area contributed by atoms with Crippen LogP contribution in [0.4, 0.5) is 0 Å². The summed E-state index contributed by atoms with van der Waals surface area (Å²) in [6.07, 6.45) is -3.25. The molecular weight excluding hydrogens is 288 g/mol. The van der Waals surface area contributed by atoms with Gasteiger partial charge in [0.15, 0.2) is 12.1 Å². The first-order valence-corrected chi connectivity index (χ1v) is 7.46. The van der Waals surface area contributed by atoms with Crippen molar-refractivity contribution < 1.29 is 29.2 Å². The summed E-state index contributed by atoms with van der Waals surface area (Å²) in [5.41, 5.74) is 1.02. The van der Waals surface area contributed by atoms with Crippen molar-refractivity contribution in [3.05, 3.63) is 35.9 Å². The lowest BCUT2D eigenvalue weighted by Crippen LogP contribution is -2.44. The summed E-state index contributed by atoms with van der Waals surface area (Å²) in [4.78, 5) is 0. The zero-order valence-electron chi connectivity index (χ0n) is 12.7. The average Bonchev–Trinajstić information content (AvgIpc) is 2.97. The number of rotatable bonds is 5. The second kappa shape index (κ2) is 6.23. The minimum absolute atomic E-state index is 0.372. The molecule has 0 aliphatic carbocycles. The molecule has 2 aliphatic rings. The monoisotopic (exact) mass is 310 g/mol. The Balaban J connectivity index is 1.71. The second-order valence-electron chi connectivity index (χ2n) is 6.08. The number of benzene rings is 1. The predicted octanol–water partition coefficient (Wildman–Crippen LogP) is 0.801. The van der Waals surface area contributed by atoms with Crippen molar-refractivity contribution in [3.63, 3.8) is 0 Å². The van der Waals surface area contributed by atoms with Gasteiger partial charge in [0, 0.05) is 0 Å². The molecule has 2 fully saturated rings. The maximum Gasteiger partial charge on any atom is 0.190 e. The highest BCUT2D eigenvalue weighted by atomic mass is 16.8. The maximum atomic E-state index is 9.94. The average molecular weight is 310 g/mol. The Morgan fingerprint density at radius 3 is 2.64 bits per heavy atom. The third-order valence-corrected chi connectivity index (χ3v) is 3.88. The van der Waals surface area contributed by atoms with E-state index in [1.165, 1.54) is 0 Å². The molecular formula is C16H22O6. The molecule has 122 valence electrons. The summed E-state index contributed by atoms with van der Waals surface area (Å²) in [6, 6.07) is 9.73. The minimum atomic E-state index is -1.04. The molecule has 0 saturated carbocycles. The van der Waals surface area contributed by atoms with Crippen LogP contribution in [-0.2, 0) is 25.6 Å². The van der Waals surface area contributed by atoms with E-state index in [0.717, 1.165) is 5.56 Å². The van der Waals surface area contributed by atoms with Crippen molar-refractivity contribution >= 4 is 0 Å². The molecule has 6 nitrogen and oxygen atoms in total. The summed E-state index contributed by atoms with van der Waals surface area (Å²) >= 11 is 0. The van der Waals surface area contributed by atoms with Gasteiger partial charge < -0.3 is 29.2 Å². The Morgan fingerprint density at radius 1 is 1.23 bits per heavy atom. The first-order chi connectivity index (χ1) is 10.5. The van der Waals surface area contributed by atoms with Crippen LogP contribution in [0.3, 0.4) is 0 Å². The van der Waals surface area contributed by atoms with Crippen molar-refractivity contribution in [1.29, 1.82) is 0 Å². The number of hydrogen-bond donors (Lipinski definition) is 2.